The first-order valence-electron chi connectivity index (χ1n) is 7.96. The Morgan fingerprint density at radius 2 is 2.04 bits per heavy atom. The largest absolute Gasteiger partial charge is 0.334 e. The molecule has 0 aliphatic carbocycles. The topological polar surface area (TPSA) is 71.0 Å². The van der Waals surface area contributed by atoms with Crippen molar-refractivity contribution in [1.29, 1.82) is 0 Å². The Labute approximate surface area is 136 Å². The van der Waals surface area contributed by atoms with Crippen molar-refractivity contribution in [3.05, 3.63) is 42.5 Å². The van der Waals surface area contributed by atoms with Crippen LogP contribution in [0.5, 0.6) is 0 Å². The number of anilines is 2. The number of carbonyl (C=O) groups excluding carboxylic acids is 1. The van der Waals surface area contributed by atoms with Gasteiger partial charge in [0.25, 0.3) is 0 Å². The molecule has 2 aromatic heterocycles. The van der Waals surface area contributed by atoms with E-state index in [-0.39, 0.29) is 17.9 Å². The maximum Gasteiger partial charge on any atom is 0.225 e. The maximum absolute atomic E-state index is 12.4. The number of amides is 1. The SMILES string of the molecule is CC(C)C(=O)N1CCC[C@@H]1c1nccnc1Nc1ccccn1. The lowest BCUT2D eigenvalue weighted by Gasteiger charge is -2.27. The molecule has 1 fully saturated rings. The van der Waals surface area contributed by atoms with Crippen LogP contribution in [0, 0.1) is 5.92 Å². The van der Waals surface area contributed by atoms with Gasteiger partial charge in [0.15, 0.2) is 5.82 Å². The summed E-state index contributed by atoms with van der Waals surface area (Å²) in [6.45, 7) is 4.64. The summed E-state index contributed by atoms with van der Waals surface area (Å²) in [5.41, 5.74) is 0.810. The molecule has 1 amide bonds. The number of likely N-dealkylation sites (tertiary alicyclic amines) is 1. The monoisotopic (exact) mass is 311 g/mol. The highest BCUT2D eigenvalue weighted by Gasteiger charge is 2.33. The molecule has 6 nitrogen and oxygen atoms in total. The molecule has 120 valence electrons. The van der Waals surface area contributed by atoms with Crippen LogP contribution in [0.3, 0.4) is 0 Å². The lowest BCUT2D eigenvalue weighted by Crippen LogP contribution is -2.34. The van der Waals surface area contributed by atoms with Gasteiger partial charge in [-0.05, 0) is 25.0 Å². The second kappa shape index (κ2) is 6.73. The zero-order valence-electron chi connectivity index (χ0n) is 13.4. The van der Waals surface area contributed by atoms with Gasteiger partial charge in [-0.2, -0.15) is 0 Å². The van der Waals surface area contributed by atoms with Gasteiger partial charge in [-0.15, -0.1) is 0 Å². The van der Waals surface area contributed by atoms with Crippen molar-refractivity contribution in [2.45, 2.75) is 32.7 Å². The van der Waals surface area contributed by atoms with Crippen molar-refractivity contribution in [2.24, 2.45) is 5.92 Å². The third-order valence-electron chi connectivity index (χ3n) is 3.98. The number of carbonyl (C=O) groups is 1. The van der Waals surface area contributed by atoms with Crippen LogP contribution in [0.15, 0.2) is 36.8 Å². The normalized spacial score (nSPS) is 17.5. The van der Waals surface area contributed by atoms with Crippen LogP contribution >= 0.6 is 0 Å². The van der Waals surface area contributed by atoms with Crippen LogP contribution in [0.25, 0.3) is 0 Å². The van der Waals surface area contributed by atoms with E-state index in [9.17, 15) is 4.79 Å². The lowest BCUT2D eigenvalue weighted by atomic mass is 10.1. The summed E-state index contributed by atoms with van der Waals surface area (Å²) in [6.07, 6.45) is 6.95. The van der Waals surface area contributed by atoms with Crippen molar-refractivity contribution in [2.75, 3.05) is 11.9 Å². The molecule has 3 heterocycles. The predicted molar refractivity (Wildman–Crippen MR) is 88.1 cm³/mol. The van der Waals surface area contributed by atoms with Crippen molar-refractivity contribution in [3.63, 3.8) is 0 Å². The summed E-state index contributed by atoms with van der Waals surface area (Å²) < 4.78 is 0. The van der Waals surface area contributed by atoms with E-state index in [0.717, 1.165) is 25.1 Å². The number of hydrogen-bond acceptors (Lipinski definition) is 5. The van der Waals surface area contributed by atoms with E-state index < -0.39 is 0 Å². The van der Waals surface area contributed by atoms with E-state index in [4.69, 9.17) is 0 Å². The molecule has 1 aliphatic heterocycles. The van der Waals surface area contributed by atoms with Crippen molar-refractivity contribution in [3.8, 4) is 0 Å². The molecule has 2 aromatic rings. The molecule has 0 unspecified atom stereocenters. The van der Waals surface area contributed by atoms with E-state index in [2.05, 4.69) is 20.3 Å². The van der Waals surface area contributed by atoms with Crippen LogP contribution in [0.4, 0.5) is 11.6 Å². The Bertz CT molecular complexity index is 674. The molecule has 1 aliphatic rings. The second-order valence-electron chi connectivity index (χ2n) is 5.97. The summed E-state index contributed by atoms with van der Waals surface area (Å²) >= 11 is 0. The van der Waals surface area contributed by atoms with Crippen LogP contribution in [-0.4, -0.2) is 32.3 Å². The van der Waals surface area contributed by atoms with Gasteiger partial charge < -0.3 is 10.2 Å². The van der Waals surface area contributed by atoms with E-state index in [0.29, 0.717) is 11.6 Å². The number of hydrogen-bond donors (Lipinski definition) is 1. The fourth-order valence-electron chi connectivity index (χ4n) is 2.89. The van der Waals surface area contributed by atoms with Gasteiger partial charge in [0, 0.05) is 31.1 Å². The van der Waals surface area contributed by atoms with Gasteiger partial charge in [-0.25, -0.2) is 9.97 Å². The molecule has 6 heteroatoms. The molecular weight excluding hydrogens is 290 g/mol. The van der Waals surface area contributed by atoms with Gasteiger partial charge >= 0.3 is 0 Å². The van der Waals surface area contributed by atoms with E-state index in [1.54, 1.807) is 18.6 Å². The molecule has 1 saturated heterocycles. The van der Waals surface area contributed by atoms with E-state index in [1.807, 2.05) is 36.9 Å². The van der Waals surface area contributed by atoms with Gasteiger partial charge in [-0.1, -0.05) is 19.9 Å². The summed E-state index contributed by atoms with van der Waals surface area (Å²) in [5.74, 6) is 1.54. The zero-order chi connectivity index (χ0) is 16.2. The van der Waals surface area contributed by atoms with Crippen molar-refractivity contribution in [1.82, 2.24) is 19.9 Å². The first-order valence-corrected chi connectivity index (χ1v) is 7.96. The van der Waals surface area contributed by atoms with E-state index >= 15 is 0 Å². The third-order valence-corrected chi connectivity index (χ3v) is 3.98. The minimum atomic E-state index is -0.0233. The van der Waals surface area contributed by atoms with Crippen LogP contribution in [0.2, 0.25) is 0 Å². The highest BCUT2D eigenvalue weighted by molar-refractivity contribution is 5.79. The molecule has 23 heavy (non-hydrogen) atoms. The standard InChI is InChI=1S/C17H21N5O/c1-12(2)17(23)22-11-5-6-13(22)15-16(20-10-9-19-15)21-14-7-3-4-8-18-14/h3-4,7-10,12-13H,5-6,11H2,1-2H3,(H,18,20,21)/t13-/m1/s1. The fourth-order valence-corrected chi connectivity index (χ4v) is 2.89. The minimum Gasteiger partial charge on any atom is -0.334 e. The second-order valence-corrected chi connectivity index (χ2v) is 5.97. The summed E-state index contributed by atoms with van der Waals surface area (Å²) in [7, 11) is 0. The Hall–Kier alpha value is -2.50. The van der Waals surface area contributed by atoms with Gasteiger partial charge in [0.05, 0.1) is 6.04 Å². The van der Waals surface area contributed by atoms with Crippen LogP contribution in [0.1, 0.15) is 38.4 Å². The summed E-state index contributed by atoms with van der Waals surface area (Å²) in [4.78, 5) is 27.5. The summed E-state index contributed by atoms with van der Waals surface area (Å²) in [6, 6.07) is 5.63. The Morgan fingerprint density at radius 1 is 1.22 bits per heavy atom. The smallest absolute Gasteiger partial charge is 0.225 e. The zero-order valence-corrected chi connectivity index (χ0v) is 13.4. The average molecular weight is 311 g/mol. The number of nitrogens with zero attached hydrogens (tertiary/aromatic N) is 4. The molecule has 0 bridgehead atoms. The molecule has 0 saturated carbocycles. The number of pyridine rings is 1. The van der Waals surface area contributed by atoms with E-state index in [1.165, 1.54) is 0 Å². The number of rotatable bonds is 4. The number of aromatic nitrogens is 3. The van der Waals surface area contributed by atoms with Crippen LogP contribution in [-0.2, 0) is 4.79 Å². The number of nitrogens with one attached hydrogen (secondary N) is 1. The molecule has 0 spiro atoms. The first-order chi connectivity index (χ1) is 11.2. The van der Waals surface area contributed by atoms with Crippen molar-refractivity contribution < 1.29 is 4.79 Å². The Balaban J connectivity index is 1.89. The van der Waals surface area contributed by atoms with Crippen LogP contribution < -0.4 is 5.32 Å². The average Bonchev–Trinajstić information content (AvgIpc) is 3.05. The molecule has 1 atom stereocenters. The molecule has 0 radical (unpaired) electrons. The maximum atomic E-state index is 12.4. The highest BCUT2D eigenvalue weighted by Crippen LogP contribution is 2.35. The highest BCUT2D eigenvalue weighted by atomic mass is 16.2. The van der Waals surface area contributed by atoms with Crippen molar-refractivity contribution >= 4 is 17.5 Å². The molecular formula is C17H21N5O. The Kier molecular flexibility index (Phi) is 4.50. The first kappa shape index (κ1) is 15.4. The third kappa shape index (κ3) is 3.31. The van der Waals surface area contributed by atoms with Gasteiger partial charge in [0.1, 0.15) is 11.5 Å². The molecule has 1 N–H and O–H groups in total. The predicted octanol–water partition coefficient (Wildman–Crippen LogP) is 2.93. The van der Waals surface area contributed by atoms with Gasteiger partial charge in [0.2, 0.25) is 5.91 Å². The molecule has 3 rings (SSSR count). The minimum absolute atomic E-state index is 0.0144. The Morgan fingerprint density at radius 3 is 2.78 bits per heavy atom. The molecule has 0 aromatic carbocycles. The fraction of sp³-hybridized carbons (Fsp3) is 0.412. The summed E-state index contributed by atoms with van der Waals surface area (Å²) in [5, 5.41) is 3.22. The van der Waals surface area contributed by atoms with Gasteiger partial charge in [-0.3, -0.25) is 9.78 Å². The lowest BCUT2D eigenvalue weighted by molar-refractivity contribution is -0.135. The quantitative estimate of drug-likeness (QED) is 0.940.